The molecule has 1 aromatic heterocycles. The quantitative estimate of drug-likeness (QED) is 0.471. The Bertz CT molecular complexity index is 707. The van der Waals surface area contributed by atoms with E-state index in [1.165, 1.54) is 16.0 Å². The van der Waals surface area contributed by atoms with Crippen molar-refractivity contribution < 1.29 is 5.11 Å². The van der Waals surface area contributed by atoms with Gasteiger partial charge in [-0.05, 0) is 48.8 Å². The van der Waals surface area contributed by atoms with Crippen molar-refractivity contribution in [2.45, 2.75) is 45.4 Å². The van der Waals surface area contributed by atoms with Gasteiger partial charge in [0, 0.05) is 37.6 Å². The molecule has 0 aliphatic carbocycles. The smallest absolute Gasteiger partial charge is 0.191 e. The number of aliphatic hydroxyl groups excluding tert-OH is 1. The zero-order chi connectivity index (χ0) is 19.6. The number of rotatable bonds is 8. The number of aliphatic hydroxyl groups is 1. The van der Waals surface area contributed by atoms with Gasteiger partial charge >= 0.3 is 0 Å². The van der Waals surface area contributed by atoms with Gasteiger partial charge in [-0.1, -0.05) is 30.3 Å². The maximum Gasteiger partial charge on any atom is 0.191 e. The molecule has 152 valence electrons. The van der Waals surface area contributed by atoms with Gasteiger partial charge in [0.05, 0.1) is 12.6 Å². The Labute approximate surface area is 172 Å². The second-order valence-corrected chi connectivity index (χ2v) is 8.31. The van der Waals surface area contributed by atoms with Crippen molar-refractivity contribution in [2.75, 3.05) is 26.2 Å². The summed E-state index contributed by atoms with van der Waals surface area (Å²) in [5.41, 5.74) is 2.54. The van der Waals surface area contributed by atoms with Crippen LogP contribution < -0.4 is 10.6 Å². The molecule has 0 bridgehead atoms. The fourth-order valence-electron chi connectivity index (χ4n) is 3.36. The molecule has 0 spiro atoms. The van der Waals surface area contributed by atoms with Gasteiger partial charge in [-0.25, -0.2) is 4.99 Å². The number of benzene rings is 1. The van der Waals surface area contributed by atoms with E-state index in [1.807, 2.05) is 0 Å². The topological polar surface area (TPSA) is 59.9 Å². The zero-order valence-corrected chi connectivity index (χ0v) is 17.5. The molecule has 5 nitrogen and oxygen atoms in total. The van der Waals surface area contributed by atoms with Crippen LogP contribution in [-0.4, -0.2) is 48.2 Å². The number of nitrogens with one attached hydrogen (secondary N) is 2. The van der Waals surface area contributed by atoms with Crippen LogP contribution in [0.2, 0.25) is 0 Å². The Morgan fingerprint density at radius 3 is 2.57 bits per heavy atom. The Morgan fingerprint density at radius 1 is 1.14 bits per heavy atom. The zero-order valence-electron chi connectivity index (χ0n) is 16.7. The van der Waals surface area contributed by atoms with Crippen LogP contribution in [0, 0.1) is 0 Å². The van der Waals surface area contributed by atoms with Crippen LogP contribution in [0.5, 0.6) is 0 Å². The minimum Gasteiger partial charge on any atom is -0.393 e. The lowest BCUT2D eigenvalue weighted by atomic mass is 10.1. The first-order valence-corrected chi connectivity index (χ1v) is 11.1. The molecule has 0 radical (unpaired) electrons. The van der Waals surface area contributed by atoms with Crippen LogP contribution in [0.1, 0.15) is 35.8 Å². The van der Waals surface area contributed by atoms with Crippen molar-refractivity contribution >= 4 is 17.3 Å². The van der Waals surface area contributed by atoms with E-state index in [9.17, 15) is 5.11 Å². The normalized spacial score (nSPS) is 16.3. The Kier molecular flexibility index (Phi) is 8.33. The summed E-state index contributed by atoms with van der Waals surface area (Å²) in [5, 5.41) is 18.5. The summed E-state index contributed by atoms with van der Waals surface area (Å²) in [7, 11) is 0. The summed E-state index contributed by atoms with van der Waals surface area (Å²) in [4.78, 5) is 8.52. The molecule has 3 rings (SSSR count). The molecule has 2 aromatic rings. The standard InChI is InChI=1S/C22H32N4OS/c1-2-23-22(24-12-9-21-4-3-15-28-21)25-16-18-5-7-19(8-6-18)17-26-13-10-20(27)11-14-26/h3-8,15,20,27H,2,9-14,16-17H2,1H3,(H2,23,24,25). The fourth-order valence-corrected chi connectivity index (χ4v) is 4.07. The number of nitrogens with zero attached hydrogens (tertiary/aromatic N) is 2. The van der Waals surface area contributed by atoms with Crippen LogP contribution in [0.4, 0.5) is 0 Å². The van der Waals surface area contributed by atoms with E-state index in [1.54, 1.807) is 11.3 Å². The van der Waals surface area contributed by atoms with Gasteiger partial charge in [0.15, 0.2) is 5.96 Å². The number of aliphatic imine (C=N–C) groups is 1. The van der Waals surface area contributed by atoms with E-state index < -0.39 is 0 Å². The average Bonchev–Trinajstić information content (AvgIpc) is 3.22. The van der Waals surface area contributed by atoms with Crippen LogP contribution in [0.15, 0.2) is 46.8 Å². The molecule has 0 atom stereocenters. The molecule has 1 aliphatic rings. The van der Waals surface area contributed by atoms with Gasteiger partial charge in [-0.15, -0.1) is 11.3 Å². The predicted molar refractivity (Wildman–Crippen MR) is 118 cm³/mol. The van der Waals surface area contributed by atoms with Crippen LogP contribution in [-0.2, 0) is 19.5 Å². The Morgan fingerprint density at radius 2 is 1.89 bits per heavy atom. The third kappa shape index (κ3) is 6.93. The van der Waals surface area contributed by atoms with Gasteiger partial charge in [0.25, 0.3) is 0 Å². The first-order valence-electron chi connectivity index (χ1n) is 10.3. The largest absolute Gasteiger partial charge is 0.393 e. The number of likely N-dealkylation sites (tertiary alicyclic amines) is 1. The molecule has 0 amide bonds. The minimum absolute atomic E-state index is 0.110. The molecule has 3 N–H and O–H groups in total. The number of hydrogen-bond acceptors (Lipinski definition) is 4. The molecule has 1 fully saturated rings. The molecule has 1 aromatic carbocycles. The summed E-state index contributed by atoms with van der Waals surface area (Å²) in [6.07, 6.45) is 2.69. The summed E-state index contributed by atoms with van der Waals surface area (Å²) in [6.45, 7) is 7.43. The SMILES string of the molecule is CCNC(=NCc1ccc(CN2CCC(O)CC2)cc1)NCCc1cccs1. The lowest BCUT2D eigenvalue weighted by Crippen LogP contribution is -2.38. The van der Waals surface area contributed by atoms with E-state index in [2.05, 4.69) is 64.2 Å². The minimum atomic E-state index is -0.110. The monoisotopic (exact) mass is 400 g/mol. The average molecular weight is 401 g/mol. The van der Waals surface area contributed by atoms with E-state index >= 15 is 0 Å². The molecule has 28 heavy (non-hydrogen) atoms. The van der Waals surface area contributed by atoms with Crippen LogP contribution in [0.25, 0.3) is 0 Å². The molecule has 0 unspecified atom stereocenters. The number of guanidine groups is 1. The van der Waals surface area contributed by atoms with Crippen molar-refractivity contribution in [3.8, 4) is 0 Å². The van der Waals surface area contributed by atoms with Gasteiger partial charge in [0.2, 0.25) is 0 Å². The third-order valence-electron chi connectivity index (χ3n) is 4.99. The summed E-state index contributed by atoms with van der Waals surface area (Å²) >= 11 is 1.80. The lowest BCUT2D eigenvalue weighted by molar-refractivity contribution is 0.0792. The van der Waals surface area contributed by atoms with Gasteiger partial charge in [0.1, 0.15) is 0 Å². The Hall–Kier alpha value is -1.89. The molecular weight excluding hydrogens is 368 g/mol. The number of thiophene rings is 1. The molecule has 1 saturated heterocycles. The van der Waals surface area contributed by atoms with Crippen molar-refractivity contribution in [1.29, 1.82) is 0 Å². The van der Waals surface area contributed by atoms with Crippen LogP contribution in [0.3, 0.4) is 0 Å². The highest BCUT2D eigenvalue weighted by atomic mass is 32.1. The molecular formula is C22H32N4OS. The van der Waals surface area contributed by atoms with Gasteiger partial charge < -0.3 is 15.7 Å². The highest BCUT2D eigenvalue weighted by molar-refractivity contribution is 7.09. The second-order valence-electron chi connectivity index (χ2n) is 7.28. The number of hydrogen-bond donors (Lipinski definition) is 3. The summed E-state index contributed by atoms with van der Waals surface area (Å²) in [5.74, 6) is 0.870. The van der Waals surface area contributed by atoms with Crippen molar-refractivity contribution in [3.63, 3.8) is 0 Å². The van der Waals surface area contributed by atoms with E-state index in [4.69, 9.17) is 4.99 Å². The van der Waals surface area contributed by atoms with E-state index in [-0.39, 0.29) is 6.10 Å². The first-order chi connectivity index (χ1) is 13.7. The van der Waals surface area contributed by atoms with E-state index in [0.717, 1.165) is 57.9 Å². The first kappa shape index (κ1) is 20.8. The van der Waals surface area contributed by atoms with Crippen molar-refractivity contribution in [1.82, 2.24) is 15.5 Å². The maximum absolute atomic E-state index is 9.62. The van der Waals surface area contributed by atoms with Crippen molar-refractivity contribution in [2.24, 2.45) is 4.99 Å². The summed E-state index contributed by atoms with van der Waals surface area (Å²) < 4.78 is 0. The highest BCUT2D eigenvalue weighted by Crippen LogP contribution is 2.14. The highest BCUT2D eigenvalue weighted by Gasteiger charge is 2.16. The molecule has 6 heteroatoms. The molecule has 0 saturated carbocycles. The predicted octanol–water partition coefficient (Wildman–Crippen LogP) is 3.00. The van der Waals surface area contributed by atoms with Crippen molar-refractivity contribution in [3.05, 3.63) is 57.8 Å². The molecule has 2 heterocycles. The van der Waals surface area contributed by atoms with E-state index in [0.29, 0.717) is 6.54 Å². The number of piperidine rings is 1. The van der Waals surface area contributed by atoms with Gasteiger partial charge in [-0.3, -0.25) is 4.90 Å². The van der Waals surface area contributed by atoms with Gasteiger partial charge in [-0.2, -0.15) is 0 Å². The third-order valence-corrected chi connectivity index (χ3v) is 5.93. The maximum atomic E-state index is 9.62. The Balaban J connectivity index is 1.46. The lowest BCUT2D eigenvalue weighted by Gasteiger charge is -2.29. The fraction of sp³-hybridized carbons (Fsp3) is 0.500. The second kappa shape index (κ2) is 11.2. The summed E-state index contributed by atoms with van der Waals surface area (Å²) in [6, 6.07) is 13.0. The molecule has 1 aliphatic heterocycles. The van der Waals surface area contributed by atoms with Crippen LogP contribution >= 0.6 is 11.3 Å².